The predicted molar refractivity (Wildman–Crippen MR) is 74.2 cm³/mol. The van der Waals surface area contributed by atoms with Gasteiger partial charge in [-0.1, -0.05) is 42.5 Å². The summed E-state index contributed by atoms with van der Waals surface area (Å²) in [6, 6.07) is 16.2. The molecule has 2 rings (SSSR count). The first-order chi connectivity index (χ1) is 9.16. The molecule has 0 radical (unpaired) electrons. The summed E-state index contributed by atoms with van der Waals surface area (Å²) >= 11 is 0. The fourth-order valence-electron chi connectivity index (χ4n) is 1.98. The molecule has 0 heterocycles. The molecule has 2 atom stereocenters. The number of rotatable bonds is 5. The Labute approximate surface area is 112 Å². The largest absolute Gasteiger partial charge is 0.387 e. The van der Waals surface area contributed by atoms with Crippen molar-refractivity contribution in [3.8, 4) is 0 Å². The molecule has 0 fully saturated rings. The maximum absolute atomic E-state index is 13.1. The van der Waals surface area contributed by atoms with E-state index >= 15 is 0 Å². The van der Waals surface area contributed by atoms with Crippen molar-refractivity contribution in [1.82, 2.24) is 5.32 Å². The van der Waals surface area contributed by atoms with E-state index in [2.05, 4.69) is 5.32 Å². The highest BCUT2D eigenvalue weighted by Crippen LogP contribution is 2.16. The van der Waals surface area contributed by atoms with Gasteiger partial charge in [-0.3, -0.25) is 0 Å². The molecule has 0 aliphatic rings. The van der Waals surface area contributed by atoms with E-state index in [0.29, 0.717) is 12.1 Å². The fraction of sp³-hybridized carbons (Fsp3) is 0.250. The van der Waals surface area contributed by atoms with Gasteiger partial charge in [0.1, 0.15) is 5.82 Å². The van der Waals surface area contributed by atoms with Crippen LogP contribution in [0.25, 0.3) is 0 Å². The van der Waals surface area contributed by atoms with Gasteiger partial charge in [0.2, 0.25) is 0 Å². The smallest absolute Gasteiger partial charge is 0.123 e. The third-order valence-corrected chi connectivity index (χ3v) is 3.15. The lowest BCUT2D eigenvalue weighted by atomic mass is 10.1. The van der Waals surface area contributed by atoms with E-state index in [9.17, 15) is 9.50 Å². The van der Waals surface area contributed by atoms with Gasteiger partial charge in [0, 0.05) is 12.6 Å². The highest BCUT2D eigenvalue weighted by Gasteiger charge is 2.10. The average Bonchev–Trinajstić information content (AvgIpc) is 2.45. The lowest BCUT2D eigenvalue weighted by molar-refractivity contribution is 0.170. The summed E-state index contributed by atoms with van der Waals surface area (Å²) in [6.07, 6.45) is -0.707. The van der Waals surface area contributed by atoms with Crippen LogP contribution in [-0.4, -0.2) is 11.7 Å². The average molecular weight is 259 g/mol. The first kappa shape index (κ1) is 13.7. The van der Waals surface area contributed by atoms with Gasteiger partial charge in [0.15, 0.2) is 0 Å². The Kier molecular flexibility index (Phi) is 4.66. The molecule has 0 aliphatic carbocycles. The lowest BCUT2D eigenvalue weighted by Gasteiger charge is -2.17. The minimum Gasteiger partial charge on any atom is -0.387 e. The number of nitrogens with one attached hydrogen (secondary N) is 1. The summed E-state index contributed by atoms with van der Waals surface area (Å²) in [5.41, 5.74) is 1.75. The van der Waals surface area contributed by atoms with Crippen molar-refractivity contribution in [3.63, 3.8) is 0 Å². The van der Waals surface area contributed by atoms with Crippen LogP contribution in [0.5, 0.6) is 0 Å². The van der Waals surface area contributed by atoms with Gasteiger partial charge in [-0.15, -0.1) is 0 Å². The normalized spacial score (nSPS) is 14.1. The Bertz CT molecular complexity index is 515. The first-order valence-electron chi connectivity index (χ1n) is 6.38. The Morgan fingerprint density at radius 1 is 1.05 bits per heavy atom. The van der Waals surface area contributed by atoms with Gasteiger partial charge in [-0.05, 0) is 30.2 Å². The van der Waals surface area contributed by atoms with E-state index in [1.54, 1.807) is 12.1 Å². The molecule has 0 saturated heterocycles. The topological polar surface area (TPSA) is 32.3 Å². The summed E-state index contributed by atoms with van der Waals surface area (Å²) in [5.74, 6) is -0.326. The van der Waals surface area contributed by atoms with Crippen molar-refractivity contribution in [2.45, 2.75) is 19.1 Å². The first-order valence-corrected chi connectivity index (χ1v) is 6.38. The van der Waals surface area contributed by atoms with E-state index in [0.717, 1.165) is 5.56 Å². The zero-order valence-corrected chi connectivity index (χ0v) is 10.9. The van der Waals surface area contributed by atoms with Crippen LogP contribution >= 0.6 is 0 Å². The summed E-state index contributed by atoms with van der Waals surface area (Å²) in [7, 11) is 0. The Balaban J connectivity index is 1.92. The van der Waals surface area contributed by atoms with E-state index in [4.69, 9.17) is 0 Å². The third-order valence-electron chi connectivity index (χ3n) is 3.15. The van der Waals surface area contributed by atoms with Crippen LogP contribution in [0.3, 0.4) is 0 Å². The van der Waals surface area contributed by atoms with Crippen molar-refractivity contribution in [1.29, 1.82) is 0 Å². The molecule has 3 heteroatoms. The zero-order chi connectivity index (χ0) is 13.7. The Morgan fingerprint density at radius 3 is 2.42 bits per heavy atom. The number of hydrogen-bond donors (Lipinski definition) is 2. The SMILES string of the molecule is C[C@@H](NC[C@H](O)c1cccc(F)c1)c1ccccc1. The lowest BCUT2D eigenvalue weighted by Crippen LogP contribution is -2.24. The minimum atomic E-state index is -0.707. The summed E-state index contributed by atoms with van der Waals surface area (Å²) in [5, 5.41) is 13.3. The molecular formula is C16H18FNO. The minimum absolute atomic E-state index is 0.143. The monoisotopic (exact) mass is 259 g/mol. The summed E-state index contributed by atoms with van der Waals surface area (Å²) < 4.78 is 13.1. The van der Waals surface area contributed by atoms with Crippen LogP contribution in [0.4, 0.5) is 4.39 Å². The van der Waals surface area contributed by atoms with Crippen LogP contribution in [0.15, 0.2) is 54.6 Å². The molecule has 100 valence electrons. The molecule has 19 heavy (non-hydrogen) atoms. The second-order valence-corrected chi connectivity index (χ2v) is 4.61. The van der Waals surface area contributed by atoms with E-state index in [1.165, 1.54) is 12.1 Å². The van der Waals surface area contributed by atoms with Crippen LogP contribution in [0.2, 0.25) is 0 Å². The second-order valence-electron chi connectivity index (χ2n) is 4.61. The fourth-order valence-corrected chi connectivity index (χ4v) is 1.98. The standard InChI is InChI=1S/C16H18FNO/c1-12(13-6-3-2-4-7-13)18-11-16(19)14-8-5-9-15(17)10-14/h2-10,12,16,18-19H,11H2,1H3/t12-,16+/m1/s1. The predicted octanol–water partition coefficient (Wildman–Crippen LogP) is 3.21. The highest BCUT2D eigenvalue weighted by atomic mass is 19.1. The number of aliphatic hydroxyl groups excluding tert-OH is 1. The molecule has 0 aromatic heterocycles. The second kappa shape index (κ2) is 6.45. The van der Waals surface area contributed by atoms with Crippen molar-refractivity contribution >= 4 is 0 Å². The molecule has 0 aliphatic heterocycles. The van der Waals surface area contributed by atoms with Gasteiger partial charge >= 0.3 is 0 Å². The van der Waals surface area contributed by atoms with Crippen LogP contribution in [0, 0.1) is 5.82 Å². The van der Waals surface area contributed by atoms with E-state index < -0.39 is 6.10 Å². The number of halogens is 1. The molecule has 0 unspecified atom stereocenters. The van der Waals surface area contributed by atoms with E-state index in [-0.39, 0.29) is 11.9 Å². The molecule has 0 saturated carbocycles. The Morgan fingerprint density at radius 2 is 1.74 bits per heavy atom. The van der Waals surface area contributed by atoms with Crippen molar-refractivity contribution in [2.75, 3.05) is 6.54 Å². The highest BCUT2D eigenvalue weighted by molar-refractivity contribution is 5.20. The molecule has 2 nitrogen and oxygen atoms in total. The van der Waals surface area contributed by atoms with Gasteiger partial charge in [-0.25, -0.2) is 4.39 Å². The Hall–Kier alpha value is -1.71. The number of benzene rings is 2. The van der Waals surface area contributed by atoms with Gasteiger partial charge in [-0.2, -0.15) is 0 Å². The molecule has 0 bridgehead atoms. The molecular weight excluding hydrogens is 241 g/mol. The third kappa shape index (κ3) is 3.88. The van der Waals surface area contributed by atoms with Crippen molar-refractivity contribution in [2.24, 2.45) is 0 Å². The van der Waals surface area contributed by atoms with Gasteiger partial charge in [0.25, 0.3) is 0 Å². The van der Waals surface area contributed by atoms with E-state index in [1.807, 2.05) is 37.3 Å². The molecule has 0 amide bonds. The summed E-state index contributed by atoms with van der Waals surface area (Å²) in [4.78, 5) is 0. The zero-order valence-electron chi connectivity index (χ0n) is 10.9. The number of aliphatic hydroxyl groups is 1. The molecule has 2 N–H and O–H groups in total. The van der Waals surface area contributed by atoms with Crippen molar-refractivity contribution < 1.29 is 9.50 Å². The number of hydrogen-bond acceptors (Lipinski definition) is 2. The van der Waals surface area contributed by atoms with Crippen LogP contribution in [0.1, 0.15) is 30.2 Å². The maximum atomic E-state index is 13.1. The molecule has 2 aromatic rings. The quantitative estimate of drug-likeness (QED) is 0.864. The van der Waals surface area contributed by atoms with Crippen LogP contribution in [-0.2, 0) is 0 Å². The van der Waals surface area contributed by atoms with Crippen LogP contribution < -0.4 is 5.32 Å². The molecule has 2 aromatic carbocycles. The van der Waals surface area contributed by atoms with Gasteiger partial charge in [0.05, 0.1) is 6.10 Å². The summed E-state index contributed by atoms with van der Waals surface area (Å²) in [6.45, 7) is 2.42. The molecule has 0 spiro atoms. The van der Waals surface area contributed by atoms with Crippen molar-refractivity contribution in [3.05, 3.63) is 71.5 Å². The maximum Gasteiger partial charge on any atom is 0.123 e. The van der Waals surface area contributed by atoms with Gasteiger partial charge < -0.3 is 10.4 Å².